The second-order valence-electron chi connectivity index (χ2n) is 4.21. The average molecular weight is 252 g/mol. The lowest BCUT2D eigenvalue weighted by Crippen LogP contribution is -2.18. The topological polar surface area (TPSA) is 38.1 Å². The summed E-state index contributed by atoms with van der Waals surface area (Å²) in [6.45, 7) is 4.20. The van der Waals surface area contributed by atoms with E-state index in [0.29, 0.717) is 12.1 Å². The largest absolute Gasteiger partial charge is 0.361 e. The highest BCUT2D eigenvalue weighted by Gasteiger charge is 2.09. The fourth-order valence-corrected chi connectivity index (χ4v) is 1.66. The van der Waals surface area contributed by atoms with Crippen LogP contribution in [-0.2, 0) is 6.54 Å². The quantitative estimate of drug-likeness (QED) is 0.908. The molecule has 0 radical (unpaired) electrons. The Hall–Kier alpha value is -1.75. The first-order valence-corrected chi connectivity index (χ1v) is 5.67. The van der Waals surface area contributed by atoms with Crippen LogP contribution in [0.5, 0.6) is 0 Å². The molecule has 0 saturated carbocycles. The van der Waals surface area contributed by atoms with Crippen molar-refractivity contribution in [2.45, 2.75) is 26.4 Å². The van der Waals surface area contributed by atoms with Gasteiger partial charge in [-0.05, 0) is 31.5 Å². The summed E-state index contributed by atoms with van der Waals surface area (Å²) in [5, 5.41) is 7.01. The molecule has 1 aromatic heterocycles. The predicted octanol–water partition coefficient (Wildman–Crippen LogP) is 3.11. The van der Waals surface area contributed by atoms with E-state index in [1.807, 2.05) is 19.9 Å². The second-order valence-corrected chi connectivity index (χ2v) is 4.21. The molecule has 0 fully saturated rings. The summed E-state index contributed by atoms with van der Waals surface area (Å²) in [6, 6.07) is 5.61. The molecule has 0 aliphatic rings. The van der Waals surface area contributed by atoms with E-state index in [4.69, 9.17) is 4.52 Å². The minimum absolute atomic E-state index is 0.0999. The van der Waals surface area contributed by atoms with Gasteiger partial charge in [-0.15, -0.1) is 0 Å². The van der Waals surface area contributed by atoms with Gasteiger partial charge >= 0.3 is 0 Å². The number of aryl methyl sites for hydroxylation is 1. The Bertz CT molecular complexity index is 540. The average Bonchev–Trinajstić information content (AvgIpc) is 2.75. The van der Waals surface area contributed by atoms with Crippen molar-refractivity contribution >= 4 is 0 Å². The summed E-state index contributed by atoms with van der Waals surface area (Å²) < 4.78 is 30.8. The highest BCUT2D eigenvalue weighted by atomic mass is 19.2. The van der Waals surface area contributed by atoms with E-state index in [9.17, 15) is 8.78 Å². The van der Waals surface area contributed by atoms with Crippen LogP contribution in [0.3, 0.4) is 0 Å². The molecule has 1 N–H and O–H groups in total. The standard InChI is InChI=1S/C13H14F2N2O/c1-8-5-11(17-18-8)7-16-9(2)10-3-4-12(14)13(15)6-10/h3-6,9,16H,7H2,1-2H3. The fourth-order valence-electron chi connectivity index (χ4n) is 1.66. The normalized spacial score (nSPS) is 12.7. The number of nitrogens with one attached hydrogen (secondary N) is 1. The number of aromatic nitrogens is 1. The summed E-state index contributed by atoms with van der Waals surface area (Å²) in [4.78, 5) is 0. The summed E-state index contributed by atoms with van der Waals surface area (Å²) >= 11 is 0. The van der Waals surface area contributed by atoms with E-state index < -0.39 is 11.6 Å². The third-order valence-corrected chi connectivity index (χ3v) is 2.71. The molecular formula is C13H14F2N2O. The second kappa shape index (κ2) is 5.27. The Labute approximate surface area is 104 Å². The first-order chi connectivity index (χ1) is 8.56. The van der Waals surface area contributed by atoms with Gasteiger partial charge in [-0.2, -0.15) is 0 Å². The first kappa shape index (κ1) is 12.7. The molecule has 0 saturated heterocycles. The third kappa shape index (κ3) is 2.92. The van der Waals surface area contributed by atoms with Crippen LogP contribution in [0.1, 0.15) is 30.0 Å². The van der Waals surface area contributed by atoms with Crippen molar-refractivity contribution in [3.05, 3.63) is 52.9 Å². The lowest BCUT2D eigenvalue weighted by Gasteiger charge is -2.13. The summed E-state index contributed by atoms with van der Waals surface area (Å²) in [5.74, 6) is -0.927. The van der Waals surface area contributed by atoms with Crippen molar-refractivity contribution in [1.29, 1.82) is 0 Å². The van der Waals surface area contributed by atoms with E-state index in [2.05, 4.69) is 10.5 Å². The molecule has 0 aliphatic carbocycles. The highest BCUT2D eigenvalue weighted by molar-refractivity contribution is 5.20. The Morgan fingerprint density at radius 3 is 2.67 bits per heavy atom. The molecule has 2 aromatic rings. The Kier molecular flexibility index (Phi) is 3.72. The van der Waals surface area contributed by atoms with Crippen molar-refractivity contribution in [3.63, 3.8) is 0 Å². The zero-order valence-corrected chi connectivity index (χ0v) is 10.2. The minimum atomic E-state index is -0.835. The van der Waals surface area contributed by atoms with Gasteiger partial charge in [-0.1, -0.05) is 11.2 Å². The van der Waals surface area contributed by atoms with Crippen molar-refractivity contribution in [3.8, 4) is 0 Å². The van der Waals surface area contributed by atoms with E-state index in [-0.39, 0.29) is 6.04 Å². The van der Waals surface area contributed by atoms with Crippen LogP contribution in [0.2, 0.25) is 0 Å². The summed E-state index contributed by atoms with van der Waals surface area (Å²) in [7, 11) is 0. The van der Waals surface area contributed by atoms with Crippen LogP contribution in [0.15, 0.2) is 28.8 Å². The molecule has 1 unspecified atom stereocenters. The lowest BCUT2D eigenvalue weighted by atomic mass is 10.1. The molecule has 0 amide bonds. The number of halogens is 2. The SMILES string of the molecule is Cc1cc(CNC(C)c2ccc(F)c(F)c2)no1. The van der Waals surface area contributed by atoms with E-state index in [1.165, 1.54) is 6.07 Å². The van der Waals surface area contributed by atoms with Gasteiger partial charge in [0.2, 0.25) is 0 Å². The molecule has 0 spiro atoms. The molecule has 96 valence electrons. The molecule has 1 heterocycles. The Morgan fingerprint density at radius 1 is 1.28 bits per heavy atom. The van der Waals surface area contributed by atoms with E-state index in [0.717, 1.165) is 17.5 Å². The Morgan fingerprint density at radius 2 is 2.06 bits per heavy atom. The molecular weight excluding hydrogens is 238 g/mol. The van der Waals surface area contributed by atoms with Gasteiger partial charge in [0.1, 0.15) is 5.76 Å². The van der Waals surface area contributed by atoms with Crippen molar-refractivity contribution in [2.75, 3.05) is 0 Å². The maximum Gasteiger partial charge on any atom is 0.159 e. The van der Waals surface area contributed by atoms with Crippen LogP contribution >= 0.6 is 0 Å². The first-order valence-electron chi connectivity index (χ1n) is 5.67. The lowest BCUT2D eigenvalue weighted by molar-refractivity contribution is 0.386. The Balaban J connectivity index is 1.99. The van der Waals surface area contributed by atoms with Crippen LogP contribution < -0.4 is 5.32 Å². The van der Waals surface area contributed by atoms with Crippen LogP contribution in [-0.4, -0.2) is 5.16 Å². The van der Waals surface area contributed by atoms with Crippen molar-refractivity contribution in [2.24, 2.45) is 0 Å². The van der Waals surface area contributed by atoms with E-state index >= 15 is 0 Å². The van der Waals surface area contributed by atoms with Crippen molar-refractivity contribution < 1.29 is 13.3 Å². The summed E-state index contributed by atoms with van der Waals surface area (Å²) in [5.41, 5.74) is 1.47. The van der Waals surface area contributed by atoms with Crippen LogP contribution in [0.25, 0.3) is 0 Å². The van der Waals surface area contributed by atoms with Gasteiger partial charge in [-0.3, -0.25) is 0 Å². The summed E-state index contributed by atoms with van der Waals surface area (Å²) in [6.07, 6.45) is 0. The number of benzene rings is 1. The zero-order valence-electron chi connectivity index (χ0n) is 10.2. The molecule has 0 aliphatic heterocycles. The van der Waals surface area contributed by atoms with Gasteiger partial charge in [0, 0.05) is 18.7 Å². The van der Waals surface area contributed by atoms with Gasteiger partial charge in [0.15, 0.2) is 11.6 Å². The maximum absolute atomic E-state index is 13.1. The molecule has 1 aromatic carbocycles. The molecule has 18 heavy (non-hydrogen) atoms. The zero-order chi connectivity index (χ0) is 13.1. The molecule has 3 nitrogen and oxygen atoms in total. The number of nitrogens with zero attached hydrogens (tertiary/aromatic N) is 1. The smallest absolute Gasteiger partial charge is 0.159 e. The molecule has 1 atom stereocenters. The predicted molar refractivity (Wildman–Crippen MR) is 62.9 cm³/mol. The number of hydrogen-bond acceptors (Lipinski definition) is 3. The minimum Gasteiger partial charge on any atom is -0.361 e. The van der Waals surface area contributed by atoms with Gasteiger partial charge in [0.25, 0.3) is 0 Å². The maximum atomic E-state index is 13.1. The molecule has 0 bridgehead atoms. The van der Waals surface area contributed by atoms with Gasteiger partial charge < -0.3 is 9.84 Å². The van der Waals surface area contributed by atoms with Crippen LogP contribution in [0, 0.1) is 18.6 Å². The number of rotatable bonds is 4. The van der Waals surface area contributed by atoms with Crippen LogP contribution in [0.4, 0.5) is 8.78 Å². The highest BCUT2D eigenvalue weighted by Crippen LogP contribution is 2.16. The molecule has 5 heteroatoms. The number of hydrogen-bond donors (Lipinski definition) is 1. The van der Waals surface area contributed by atoms with Crippen molar-refractivity contribution in [1.82, 2.24) is 10.5 Å². The monoisotopic (exact) mass is 252 g/mol. The molecule has 2 rings (SSSR count). The fraction of sp³-hybridized carbons (Fsp3) is 0.308. The van der Waals surface area contributed by atoms with Gasteiger partial charge in [0.05, 0.1) is 5.69 Å². The van der Waals surface area contributed by atoms with E-state index in [1.54, 1.807) is 6.07 Å². The third-order valence-electron chi connectivity index (χ3n) is 2.71. The van der Waals surface area contributed by atoms with Gasteiger partial charge in [-0.25, -0.2) is 8.78 Å².